The van der Waals surface area contributed by atoms with E-state index in [0.717, 1.165) is 5.56 Å². The molecule has 0 fully saturated rings. The number of hydrogen-bond acceptors (Lipinski definition) is 7. The van der Waals surface area contributed by atoms with E-state index in [1.807, 2.05) is 17.5 Å². The Bertz CT molecular complexity index is 1320. The fraction of sp³-hybridized carbons (Fsp3) is 0.105. The Labute approximate surface area is 178 Å². The van der Waals surface area contributed by atoms with Crippen LogP contribution < -0.4 is 11.2 Å². The number of aromatic nitrogens is 3. The van der Waals surface area contributed by atoms with Crippen LogP contribution in [0.1, 0.15) is 16.3 Å². The Morgan fingerprint density at radius 2 is 2.03 bits per heavy atom. The Hall–Kier alpha value is -3.50. The van der Waals surface area contributed by atoms with Crippen LogP contribution in [0.25, 0.3) is 16.8 Å². The minimum Gasteiger partial charge on any atom is -0.509 e. The molecule has 0 saturated carbocycles. The van der Waals surface area contributed by atoms with E-state index in [9.17, 15) is 14.7 Å². The second kappa shape index (κ2) is 7.73. The van der Waals surface area contributed by atoms with Crippen molar-refractivity contribution in [2.75, 3.05) is 6.54 Å². The average molecular weight is 443 g/mol. The predicted octanol–water partition coefficient (Wildman–Crippen LogP) is 2.74. The van der Waals surface area contributed by atoms with Crippen LogP contribution in [0.15, 0.2) is 50.1 Å². The lowest BCUT2D eigenvalue weighted by molar-refractivity contribution is 0.358. The van der Waals surface area contributed by atoms with Crippen LogP contribution in [0.3, 0.4) is 0 Å². The number of rotatable bonds is 4. The van der Waals surface area contributed by atoms with E-state index < -0.39 is 11.2 Å². The van der Waals surface area contributed by atoms with Crippen LogP contribution in [0.4, 0.5) is 0 Å². The molecule has 9 nitrogen and oxygen atoms in total. The van der Waals surface area contributed by atoms with Gasteiger partial charge in [0.25, 0.3) is 5.56 Å². The van der Waals surface area contributed by atoms with Gasteiger partial charge in [0.15, 0.2) is 5.84 Å². The van der Waals surface area contributed by atoms with Crippen LogP contribution in [-0.4, -0.2) is 43.7 Å². The molecule has 11 heteroatoms. The highest BCUT2D eigenvalue weighted by molar-refractivity contribution is 7.11. The number of amidine groups is 1. The van der Waals surface area contributed by atoms with Gasteiger partial charge in [-0.15, -0.1) is 11.3 Å². The van der Waals surface area contributed by atoms with Crippen molar-refractivity contribution in [1.29, 1.82) is 5.41 Å². The van der Waals surface area contributed by atoms with Crippen molar-refractivity contribution in [2.24, 2.45) is 5.10 Å². The first-order valence-electron chi connectivity index (χ1n) is 8.71. The van der Waals surface area contributed by atoms with Gasteiger partial charge in [-0.05, 0) is 19.1 Å². The number of thiazole rings is 1. The third-order valence-corrected chi connectivity index (χ3v) is 5.56. The highest BCUT2D eigenvalue weighted by Crippen LogP contribution is 2.32. The van der Waals surface area contributed by atoms with Gasteiger partial charge in [0.05, 0.1) is 23.0 Å². The third kappa shape index (κ3) is 3.70. The lowest BCUT2D eigenvalue weighted by atomic mass is 10.2. The molecule has 1 aliphatic heterocycles. The molecule has 0 radical (unpaired) electrons. The summed E-state index contributed by atoms with van der Waals surface area (Å²) in [4.78, 5) is 32.4. The van der Waals surface area contributed by atoms with Crippen molar-refractivity contribution < 1.29 is 5.11 Å². The van der Waals surface area contributed by atoms with E-state index in [-0.39, 0.29) is 29.3 Å². The summed E-state index contributed by atoms with van der Waals surface area (Å²) in [6, 6.07) is 7.22. The Balaban J connectivity index is 1.58. The zero-order valence-corrected chi connectivity index (χ0v) is 17.1. The van der Waals surface area contributed by atoms with Gasteiger partial charge >= 0.3 is 5.69 Å². The number of halogens is 1. The summed E-state index contributed by atoms with van der Waals surface area (Å²) in [5.41, 5.74) is 1.18. The van der Waals surface area contributed by atoms with Crippen LogP contribution in [0, 0.1) is 12.3 Å². The molecular formula is C19H15ClN6O3S. The number of aromatic amines is 2. The van der Waals surface area contributed by atoms with Gasteiger partial charge in [-0.2, -0.15) is 5.10 Å². The molecule has 0 atom stereocenters. The molecule has 1 aromatic carbocycles. The topological polar surface area (TPSA) is 138 Å². The highest BCUT2D eigenvalue weighted by Gasteiger charge is 2.30. The number of nitrogens with zero attached hydrogens (tertiary/aromatic N) is 3. The molecule has 3 aromatic rings. The first-order chi connectivity index (χ1) is 14.3. The summed E-state index contributed by atoms with van der Waals surface area (Å²) in [5.74, 6) is -0.0829. The highest BCUT2D eigenvalue weighted by atomic mass is 35.5. The first kappa shape index (κ1) is 19.8. The second-order valence-electron chi connectivity index (χ2n) is 6.46. The number of aliphatic hydroxyl groups excluding tert-OH is 1. The lowest BCUT2D eigenvalue weighted by Crippen LogP contribution is -2.28. The van der Waals surface area contributed by atoms with Crippen molar-refractivity contribution in [1.82, 2.24) is 20.0 Å². The van der Waals surface area contributed by atoms with E-state index in [1.54, 1.807) is 19.1 Å². The maximum absolute atomic E-state index is 11.9. The maximum atomic E-state index is 11.9. The molecular weight excluding hydrogens is 428 g/mol. The SMILES string of the molecule is Cc1[nH]c(=O)[nH]c(=O)c1/C=N/N1CC(O)=C(c2nc(-c3ccc(Cl)cc3)cs2)C1=N. The zero-order chi connectivity index (χ0) is 21.4. The number of hydrogen-bond donors (Lipinski definition) is 4. The third-order valence-electron chi connectivity index (χ3n) is 4.44. The molecule has 2 aromatic heterocycles. The van der Waals surface area contributed by atoms with Crippen molar-refractivity contribution in [3.8, 4) is 11.3 Å². The Morgan fingerprint density at radius 1 is 1.30 bits per heavy atom. The summed E-state index contributed by atoms with van der Waals surface area (Å²) < 4.78 is 0. The normalized spacial score (nSPS) is 14.3. The molecule has 3 heterocycles. The van der Waals surface area contributed by atoms with Gasteiger partial charge in [-0.1, -0.05) is 23.7 Å². The number of aliphatic hydroxyl groups is 1. The smallest absolute Gasteiger partial charge is 0.325 e. The summed E-state index contributed by atoms with van der Waals surface area (Å²) in [5, 5.41) is 27.1. The number of nitrogens with one attached hydrogen (secondary N) is 3. The van der Waals surface area contributed by atoms with E-state index >= 15 is 0 Å². The standard InChI is InChI=1S/C19H15ClN6O3S/c1-9-12(17(28)25-19(29)23-9)6-22-26-7-14(27)15(16(26)21)18-24-13(8-30-18)10-2-4-11(20)5-3-10/h2-6,8,21,27H,7H2,1H3,(H2,23,25,28,29)/b21-16?,22-6+. The van der Waals surface area contributed by atoms with E-state index in [4.69, 9.17) is 17.0 Å². The maximum Gasteiger partial charge on any atom is 0.325 e. The van der Waals surface area contributed by atoms with Crippen LogP contribution in [0.5, 0.6) is 0 Å². The monoisotopic (exact) mass is 442 g/mol. The molecule has 30 heavy (non-hydrogen) atoms. The average Bonchev–Trinajstić information content (AvgIpc) is 3.26. The van der Waals surface area contributed by atoms with E-state index in [1.165, 1.54) is 22.6 Å². The molecule has 0 amide bonds. The molecule has 0 bridgehead atoms. The number of hydrazone groups is 1. The molecule has 0 unspecified atom stereocenters. The van der Waals surface area contributed by atoms with Crippen molar-refractivity contribution in [3.63, 3.8) is 0 Å². The minimum atomic E-state index is -0.606. The van der Waals surface area contributed by atoms with Gasteiger partial charge in [-0.3, -0.25) is 15.2 Å². The zero-order valence-electron chi connectivity index (χ0n) is 15.6. The quantitative estimate of drug-likeness (QED) is 0.460. The summed E-state index contributed by atoms with van der Waals surface area (Å²) in [6.45, 7) is 1.54. The van der Waals surface area contributed by atoms with Crippen LogP contribution >= 0.6 is 22.9 Å². The number of benzene rings is 1. The van der Waals surface area contributed by atoms with Gasteiger partial charge in [0.2, 0.25) is 0 Å². The van der Waals surface area contributed by atoms with Gasteiger partial charge in [-0.25, -0.2) is 14.8 Å². The molecule has 1 aliphatic rings. The van der Waals surface area contributed by atoms with Gasteiger partial charge < -0.3 is 10.1 Å². The number of aryl methyl sites for hydroxylation is 1. The Morgan fingerprint density at radius 3 is 2.73 bits per heavy atom. The summed E-state index contributed by atoms with van der Waals surface area (Å²) in [7, 11) is 0. The first-order valence-corrected chi connectivity index (χ1v) is 9.97. The van der Waals surface area contributed by atoms with Gasteiger partial charge in [0, 0.05) is 21.7 Å². The number of H-pyrrole nitrogens is 2. The van der Waals surface area contributed by atoms with Crippen molar-refractivity contribution >= 4 is 40.6 Å². The fourth-order valence-corrected chi connectivity index (χ4v) is 3.94. The largest absolute Gasteiger partial charge is 0.509 e. The minimum absolute atomic E-state index is 0.0270. The molecule has 0 saturated heterocycles. The lowest BCUT2D eigenvalue weighted by Gasteiger charge is -2.11. The predicted molar refractivity (Wildman–Crippen MR) is 117 cm³/mol. The van der Waals surface area contributed by atoms with Crippen LogP contribution in [0.2, 0.25) is 5.02 Å². The van der Waals surface area contributed by atoms with Crippen molar-refractivity contribution in [2.45, 2.75) is 6.92 Å². The van der Waals surface area contributed by atoms with Crippen LogP contribution in [-0.2, 0) is 0 Å². The van der Waals surface area contributed by atoms with E-state index in [0.29, 0.717) is 21.4 Å². The van der Waals surface area contributed by atoms with Crippen molar-refractivity contribution in [3.05, 3.63) is 77.5 Å². The second-order valence-corrected chi connectivity index (χ2v) is 7.76. The summed E-state index contributed by atoms with van der Waals surface area (Å²) in [6.07, 6.45) is 1.25. The van der Waals surface area contributed by atoms with Gasteiger partial charge in [0.1, 0.15) is 17.3 Å². The molecule has 0 aliphatic carbocycles. The molecule has 0 spiro atoms. The summed E-state index contributed by atoms with van der Waals surface area (Å²) >= 11 is 7.22. The fourth-order valence-electron chi connectivity index (χ4n) is 2.92. The molecule has 4 N–H and O–H groups in total. The van der Waals surface area contributed by atoms with E-state index in [2.05, 4.69) is 20.1 Å². The Kier molecular flexibility index (Phi) is 5.10. The molecule has 4 rings (SSSR count). The molecule has 152 valence electrons.